The van der Waals surface area contributed by atoms with Crippen LogP contribution in [0.25, 0.3) is 0 Å². The van der Waals surface area contributed by atoms with Gasteiger partial charge in [-0.2, -0.15) is 0 Å². The van der Waals surface area contributed by atoms with Crippen molar-refractivity contribution >= 4 is 5.97 Å². The molecule has 1 N–H and O–H groups in total. The van der Waals surface area contributed by atoms with Gasteiger partial charge in [-0.25, -0.2) is 4.79 Å². The first-order valence-electron chi connectivity index (χ1n) is 16.7. The molecule has 0 bridgehead atoms. The van der Waals surface area contributed by atoms with Gasteiger partial charge in [0.1, 0.15) is 11.3 Å². The van der Waals surface area contributed by atoms with E-state index in [1.165, 1.54) is 135 Å². The van der Waals surface area contributed by atoms with Crippen LogP contribution in [0, 0.1) is 0 Å². The Morgan fingerprint density at radius 2 is 0.974 bits per heavy atom. The molecule has 220 valence electrons. The number of carbonyl (C=O) groups is 1. The molecule has 38 heavy (non-hydrogen) atoms. The molecule has 0 fully saturated rings. The normalized spacial score (nSPS) is 11.2. The summed E-state index contributed by atoms with van der Waals surface area (Å²) in [6, 6.07) is 5.50. The zero-order valence-electron chi connectivity index (χ0n) is 25.4. The van der Waals surface area contributed by atoms with Crippen LogP contribution in [-0.4, -0.2) is 17.7 Å². The second-order valence-electron chi connectivity index (χ2n) is 11.5. The standard InChI is InChI=1S/C35H62O3/c1-3-5-7-9-11-13-15-17-19-21-23-25-28-32-29-27-30-33(34(32)36)35(37)38-31-26-24-22-20-18-16-14-12-10-8-6-4-2/h27,29-30,36H,3-26,28,31H2,1-2H3. The second kappa shape index (κ2) is 25.8. The fourth-order valence-corrected chi connectivity index (χ4v) is 5.30. The number of ether oxygens (including phenoxy) is 1. The molecule has 1 aromatic rings. The number of carbonyl (C=O) groups excluding carboxylic acids is 1. The Kier molecular flexibility index (Phi) is 23.4. The predicted molar refractivity (Wildman–Crippen MR) is 164 cm³/mol. The van der Waals surface area contributed by atoms with E-state index >= 15 is 0 Å². The van der Waals surface area contributed by atoms with Gasteiger partial charge >= 0.3 is 5.97 Å². The van der Waals surface area contributed by atoms with E-state index in [1.807, 2.05) is 12.1 Å². The number of phenols is 1. The topological polar surface area (TPSA) is 46.5 Å². The highest BCUT2D eigenvalue weighted by atomic mass is 16.5. The molecule has 0 saturated carbocycles. The maximum Gasteiger partial charge on any atom is 0.341 e. The monoisotopic (exact) mass is 530 g/mol. The van der Waals surface area contributed by atoms with E-state index in [2.05, 4.69) is 13.8 Å². The first-order chi connectivity index (χ1) is 18.7. The van der Waals surface area contributed by atoms with E-state index in [9.17, 15) is 9.90 Å². The molecular formula is C35H62O3. The SMILES string of the molecule is CCCCCCCCCCCCCCOC(=O)c1cccc(CCCCCCCCCCCCCC)c1O. The number of rotatable bonds is 27. The maximum atomic E-state index is 12.5. The zero-order chi connectivity index (χ0) is 27.5. The minimum atomic E-state index is -0.387. The predicted octanol–water partition coefficient (Wildman–Crippen LogP) is 11.5. The molecule has 1 rings (SSSR count). The first kappa shape index (κ1) is 34.5. The summed E-state index contributed by atoms with van der Waals surface area (Å²) in [5.41, 5.74) is 1.19. The minimum absolute atomic E-state index is 0.121. The number of unbranched alkanes of at least 4 members (excludes halogenated alkanes) is 22. The maximum absolute atomic E-state index is 12.5. The largest absolute Gasteiger partial charge is 0.507 e. The molecule has 0 aliphatic heterocycles. The van der Waals surface area contributed by atoms with Crippen molar-refractivity contribution in [2.45, 2.75) is 174 Å². The summed E-state index contributed by atoms with van der Waals surface area (Å²) < 4.78 is 5.47. The lowest BCUT2D eigenvalue weighted by Gasteiger charge is -2.10. The van der Waals surface area contributed by atoms with Gasteiger partial charge in [-0.1, -0.05) is 167 Å². The highest BCUT2D eigenvalue weighted by Crippen LogP contribution is 2.25. The number of aryl methyl sites for hydroxylation is 1. The van der Waals surface area contributed by atoms with Crippen LogP contribution in [0.5, 0.6) is 5.75 Å². The highest BCUT2D eigenvalue weighted by Gasteiger charge is 2.15. The summed E-state index contributed by atoms with van der Waals surface area (Å²) >= 11 is 0. The van der Waals surface area contributed by atoms with Gasteiger partial charge in [-0.3, -0.25) is 0 Å². The first-order valence-corrected chi connectivity index (χ1v) is 16.7. The van der Waals surface area contributed by atoms with Crippen molar-refractivity contribution < 1.29 is 14.6 Å². The Morgan fingerprint density at radius 1 is 0.579 bits per heavy atom. The summed E-state index contributed by atoms with van der Waals surface area (Å²) in [5.74, 6) is -0.266. The van der Waals surface area contributed by atoms with E-state index in [-0.39, 0.29) is 11.7 Å². The van der Waals surface area contributed by atoms with Crippen molar-refractivity contribution in [3.05, 3.63) is 29.3 Å². The minimum Gasteiger partial charge on any atom is -0.507 e. The molecule has 0 atom stereocenters. The summed E-state index contributed by atoms with van der Waals surface area (Å²) in [4.78, 5) is 12.5. The van der Waals surface area contributed by atoms with Crippen LogP contribution in [0.4, 0.5) is 0 Å². The van der Waals surface area contributed by atoms with Crippen LogP contribution in [0.1, 0.15) is 184 Å². The van der Waals surface area contributed by atoms with Crippen molar-refractivity contribution in [3.8, 4) is 5.75 Å². The molecule has 3 nitrogen and oxygen atoms in total. The average molecular weight is 531 g/mol. The number of hydrogen-bond acceptors (Lipinski definition) is 3. The van der Waals surface area contributed by atoms with E-state index < -0.39 is 0 Å². The van der Waals surface area contributed by atoms with Crippen molar-refractivity contribution in [2.24, 2.45) is 0 Å². The molecular weight excluding hydrogens is 468 g/mol. The number of phenolic OH excluding ortho intramolecular Hbond substituents is 1. The molecule has 0 aliphatic carbocycles. The number of aromatic hydroxyl groups is 1. The van der Waals surface area contributed by atoms with Crippen LogP contribution in [-0.2, 0) is 11.2 Å². The fraction of sp³-hybridized carbons (Fsp3) is 0.800. The molecule has 1 aromatic carbocycles. The number of para-hydroxylation sites is 1. The fourth-order valence-electron chi connectivity index (χ4n) is 5.30. The third kappa shape index (κ3) is 18.7. The summed E-state index contributed by atoms with van der Waals surface area (Å²) in [6.07, 6.45) is 32.1. The van der Waals surface area contributed by atoms with E-state index in [1.54, 1.807) is 6.07 Å². The van der Waals surface area contributed by atoms with Crippen LogP contribution >= 0.6 is 0 Å². The average Bonchev–Trinajstić information content (AvgIpc) is 2.92. The Labute approximate surface area is 236 Å². The van der Waals surface area contributed by atoms with Crippen LogP contribution in [0.15, 0.2) is 18.2 Å². The molecule has 0 radical (unpaired) electrons. The Hall–Kier alpha value is -1.51. The van der Waals surface area contributed by atoms with E-state index in [4.69, 9.17) is 4.74 Å². The number of esters is 1. The van der Waals surface area contributed by atoms with Crippen LogP contribution in [0.2, 0.25) is 0 Å². The van der Waals surface area contributed by atoms with Gasteiger partial charge in [0, 0.05) is 0 Å². The summed E-state index contributed by atoms with van der Waals surface area (Å²) in [7, 11) is 0. The van der Waals surface area contributed by atoms with Crippen molar-refractivity contribution in [3.63, 3.8) is 0 Å². The third-order valence-corrected chi connectivity index (χ3v) is 7.87. The van der Waals surface area contributed by atoms with Gasteiger partial charge in [0.25, 0.3) is 0 Å². The molecule has 0 heterocycles. The molecule has 0 unspecified atom stereocenters. The third-order valence-electron chi connectivity index (χ3n) is 7.87. The smallest absolute Gasteiger partial charge is 0.341 e. The van der Waals surface area contributed by atoms with Gasteiger partial charge in [-0.05, 0) is 30.9 Å². The van der Waals surface area contributed by atoms with Gasteiger partial charge < -0.3 is 9.84 Å². The lowest BCUT2D eigenvalue weighted by atomic mass is 10.0. The lowest BCUT2D eigenvalue weighted by molar-refractivity contribution is 0.0494. The Bertz CT molecular complexity index is 669. The van der Waals surface area contributed by atoms with Crippen LogP contribution in [0.3, 0.4) is 0 Å². The lowest BCUT2D eigenvalue weighted by Crippen LogP contribution is -2.07. The van der Waals surface area contributed by atoms with E-state index in [0.29, 0.717) is 12.2 Å². The Balaban J connectivity index is 2.06. The van der Waals surface area contributed by atoms with Crippen molar-refractivity contribution in [1.29, 1.82) is 0 Å². The van der Waals surface area contributed by atoms with Gasteiger partial charge in [0.05, 0.1) is 6.61 Å². The molecule has 3 heteroatoms. The molecule has 0 saturated heterocycles. The summed E-state index contributed by atoms with van der Waals surface area (Å²) in [5, 5.41) is 10.6. The van der Waals surface area contributed by atoms with Gasteiger partial charge in [0.2, 0.25) is 0 Å². The molecule has 0 aromatic heterocycles. The summed E-state index contributed by atoms with van der Waals surface area (Å²) in [6.45, 7) is 4.98. The molecule has 0 aliphatic rings. The van der Waals surface area contributed by atoms with Crippen molar-refractivity contribution in [1.82, 2.24) is 0 Å². The van der Waals surface area contributed by atoms with Gasteiger partial charge in [-0.15, -0.1) is 0 Å². The Morgan fingerprint density at radius 3 is 1.42 bits per heavy atom. The molecule has 0 spiro atoms. The number of hydrogen-bond donors (Lipinski definition) is 1. The van der Waals surface area contributed by atoms with E-state index in [0.717, 1.165) is 31.2 Å². The molecule has 0 amide bonds. The second-order valence-corrected chi connectivity index (χ2v) is 11.5. The van der Waals surface area contributed by atoms with Crippen LogP contribution < -0.4 is 0 Å². The van der Waals surface area contributed by atoms with Gasteiger partial charge in [0.15, 0.2) is 0 Å². The van der Waals surface area contributed by atoms with Crippen molar-refractivity contribution in [2.75, 3.05) is 6.61 Å². The quantitative estimate of drug-likeness (QED) is 0.0908. The zero-order valence-corrected chi connectivity index (χ0v) is 25.4. The highest BCUT2D eigenvalue weighted by molar-refractivity contribution is 5.92. The number of benzene rings is 1.